The van der Waals surface area contributed by atoms with Gasteiger partial charge < -0.3 is 0 Å². The molecule has 0 nitrogen and oxygen atoms in total. The average molecular weight is 515 g/mol. The maximum Gasteiger partial charge on any atom is 0.0344 e. The van der Waals surface area contributed by atoms with Crippen LogP contribution in [0.3, 0.4) is 0 Å². The lowest BCUT2D eigenvalue weighted by Crippen LogP contribution is -1.90. The predicted octanol–water partition coefficient (Wildman–Crippen LogP) is 8.67. The zero-order chi connectivity index (χ0) is 27.6. The number of hydrogen-bond donors (Lipinski definition) is 0. The molecule has 194 valence electrons. The van der Waals surface area contributed by atoms with Crippen LogP contribution in [0.5, 0.6) is 0 Å². The van der Waals surface area contributed by atoms with Gasteiger partial charge in [-0.05, 0) is 84.3 Å². The first-order valence-electron chi connectivity index (χ1n) is 13.9. The molecular formula is C40H34. The number of benzene rings is 5. The van der Waals surface area contributed by atoms with Crippen molar-refractivity contribution in [2.45, 2.75) is 39.5 Å². The Bertz CT molecular complexity index is 1510. The van der Waals surface area contributed by atoms with E-state index in [-0.39, 0.29) is 0 Å². The Morgan fingerprint density at radius 1 is 0.350 bits per heavy atom. The molecule has 0 heterocycles. The van der Waals surface area contributed by atoms with E-state index in [9.17, 15) is 0 Å². The summed E-state index contributed by atoms with van der Waals surface area (Å²) in [4.78, 5) is 0. The maximum atomic E-state index is 3.31. The van der Waals surface area contributed by atoms with Crippen LogP contribution in [0.25, 0.3) is 0 Å². The summed E-state index contributed by atoms with van der Waals surface area (Å²) in [6.45, 7) is 4.25. The minimum atomic E-state index is 0.746. The number of rotatable bonds is 6. The van der Waals surface area contributed by atoms with E-state index in [0.717, 1.165) is 36.8 Å². The Labute approximate surface area is 239 Å². The largest absolute Gasteiger partial charge is 0.0931 e. The first-order chi connectivity index (χ1) is 19.6. The molecule has 0 amide bonds. The molecule has 0 bridgehead atoms. The summed E-state index contributed by atoms with van der Waals surface area (Å²) >= 11 is 0. The van der Waals surface area contributed by atoms with Gasteiger partial charge in [-0.1, -0.05) is 132 Å². The first kappa shape index (κ1) is 26.8. The molecule has 40 heavy (non-hydrogen) atoms. The van der Waals surface area contributed by atoms with Crippen molar-refractivity contribution < 1.29 is 0 Å². The van der Waals surface area contributed by atoms with Crippen molar-refractivity contribution in [3.63, 3.8) is 0 Å². The van der Waals surface area contributed by atoms with Crippen molar-refractivity contribution >= 4 is 0 Å². The van der Waals surface area contributed by atoms with Crippen LogP contribution in [0.1, 0.15) is 55.6 Å². The second-order valence-corrected chi connectivity index (χ2v) is 10.5. The molecule has 0 heteroatoms. The highest BCUT2D eigenvalue weighted by molar-refractivity contribution is 5.43. The lowest BCUT2D eigenvalue weighted by Gasteiger charge is -2.04. The van der Waals surface area contributed by atoms with Crippen LogP contribution in [0.4, 0.5) is 0 Å². The molecule has 0 N–H and O–H groups in total. The van der Waals surface area contributed by atoms with Crippen molar-refractivity contribution in [2.24, 2.45) is 0 Å². The number of aryl methyl sites for hydroxylation is 2. The fourth-order valence-electron chi connectivity index (χ4n) is 4.57. The quantitative estimate of drug-likeness (QED) is 0.199. The molecular weight excluding hydrogens is 480 g/mol. The molecule has 0 atom stereocenters. The molecule has 0 saturated heterocycles. The fraction of sp³-hybridized carbons (Fsp3) is 0.150. The van der Waals surface area contributed by atoms with Gasteiger partial charge in [0.15, 0.2) is 0 Å². The predicted molar refractivity (Wildman–Crippen MR) is 168 cm³/mol. The Morgan fingerprint density at radius 3 is 0.950 bits per heavy atom. The summed E-state index contributed by atoms with van der Waals surface area (Å²) in [5.74, 6) is 13.2. The smallest absolute Gasteiger partial charge is 0.0344 e. The van der Waals surface area contributed by atoms with Crippen molar-refractivity contribution in [1.82, 2.24) is 0 Å². The third-order valence-corrected chi connectivity index (χ3v) is 7.04. The van der Waals surface area contributed by atoms with Gasteiger partial charge in [0.25, 0.3) is 0 Å². The van der Waals surface area contributed by atoms with Gasteiger partial charge in [0, 0.05) is 24.0 Å². The Kier molecular flexibility index (Phi) is 8.94. The van der Waals surface area contributed by atoms with E-state index in [2.05, 4.69) is 159 Å². The molecule has 0 aliphatic rings. The molecule has 0 fully saturated rings. The van der Waals surface area contributed by atoms with E-state index in [1.807, 2.05) is 0 Å². The monoisotopic (exact) mass is 514 g/mol. The lowest BCUT2D eigenvalue weighted by molar-refractivity contribution is 1.17. The van der Waals surface area contributed by atoms with Crippen LogP contribution in [-0.4, -0.2) is 0 Å². The fourth-order valence-corrected chi connectivity index (χ4v) is 4.57. The van der Waals surface area contributed by atoms with Gasteiger partial charge in [-0.3, -0.25) is 0 Å². The average Bonchev–Trinajstić information content (AvgIpc) is 2.98. The van der Waals surface area contributed by atoms with Crippen molar-refractivity contribution in [1.29, 1.82) is 0 Å². The number of hydrogen-bond acceptors (Lipinski definition) is 0. The molecule has 5 aromatic carbocycles. The zero-order valence-electron chi connectivity index (χ0n) is 23.4. The van der Waals surface area contributed by atoms with Gasteiger partial charge in [-0.2, -0.15) is 0 Å². The summed E-state index contributed by atoms with van der Waals surface area (Å²) in [5.41, 5.74) is 12.5. The highest BCUT2D eigenvalue weighted by atomic mass is 14.0. The van der Waals surface area contributed by atoms with Gasteiger partial charge in [-0.15, -0.1) is 0 Å². The second-order valence-electron chi connectivity index (χ2n) is 10.5. The summed E-state index contributed by atoms with van der Waals surface area (Å²) in [6, 6.07) is 43.3. The third-order valence-electron chi connectivity index (χ3n) is 7.04. The van der Waals surface area contributed by atoms with Gasteiger partial charge in [0.05, 0.1) is 0 Å². The molecule has 0 saturated carbocycles. The van der Waals surface area contributed by atoms with Crippen molar-refractivity contribution in [3.8, 4) is 23.7 Å². The molecule has 0 aliphatic carbocycles. The Hall–Kier alpha value is -4.78. The normalized spacial score (nSPS) is 10.2. The van der Waals surface area contributed by atoms with E-state index in [1.165, 1.54) is 44.5 Å². The summed E-state index contributed by atoms with van der Waals surface area (Å²) in [5, 5.41) is 0. The van der Waals surface area contributed by atoms with Gasteiger partial charge in [0.2, 0.25) is 0 Å². The molecule has 0 spiro atoms. The lowest BCUT2D eigenvalue weighted by atomic mass is 10.0. The molecule has 0 radical (unpaired) electrons. The van der Waals surface area contributed by atoms with E-state index in [0.29, 0.717) is 0 Å². The molecule has 5 aromatic rings. The van der Waals surface area contributed by atoms with E-state index in [1.54, 1.807) is 0 Å². The van der Waals surface area contributed by atoms with Crippen molar-refractivity contribution in [2.75, 3.05) is 0 Å². The van der Waals surface area contributed by atoms with Crippen LogP contribution in [0.2, 0.25) is 0 Å². The van der Waals surface area contributed by atoms with Crippen molar-refractivity contribution in [3.05, 3.63) is 177 Å². The van der Waals surface area contributed by atoms with Gasteiger partial charge in [0.1, 0.15) is 0 Å². The first-order valence-corrected chi connectivity index (χ1v) is 13.9. The Balaban J connectivity index is 1.09. The standard InChI is InChI=1S/C40H34/c1-31-9-13-37(14-10-31)29-39-25-21-35(22-26-39)7-3-5-33-17-19-34(20-18-33)6-4-8-36-23-27-40(28-24-36)30-38-15-11-32(2)12-16-38/h9-28H,7-8,29-30H2,1-2H3. The van der Waals surface area contributed by atoms with Gasteiger partial charge in [-0.25, -0.2) is 0 Å². The van der Waals surface area contributed by atoms with Gasteiger partial charge >= 0.3 is 0 Å². The van der Waals surface area contributed by atoms with Crippen LogP contribution in [0.15, 0.2) is 121 Å². The highest BCUT2D eigenvalue weighted by Crippen LogP contribution is 2.14. The topological polar surface area (TPSA) is 0 Å². The van der Waals surface area contributed by atoms with Crippen LogP contribution in [-0.2, 0) is 25.7 Å². The molecule has 0 aliphatic heterocycles. The van der Waals surface area contributed by atoms with Crippen LogP contribution in [0, 0.1) is 37.5 Å². The minimum Gasteiger partial charge on any atom is -0.0931 e. The third kappa shape index (κ3) is 8.11. The minimum absolute atomic E-state index is 0.746. The maximum absolute atomic E-state index is 3.31. The Morgan fingerprint density at radius 2 is 0.625 bits per heavy atom. The molecule has 5 rings (SSSR count). The van der Waals surface area contributed by atoms with Crippen LogP contribution < -0.4 is 0 Å². The molecule has 0 unspecified atom stereocenters. The highest BCUT2D eigenvalue weighted by Gasteiger charge is 1.99. The SMILES string of the molecule is Cc1ccc(Cc2ccc(CC#Cc3ccc(C#CCc4ccc(Cc5ccc(C)cc5)cc4)cc3)cc2)cc1. The molecule has 0 aromatic heterocycles. The summed E-state index contributed by atoms with van der Waals surface area (Å²) in [7, 11) is 0. The summed E-state index contributed by atoms with van der Waals surface area (Å²) < 4.78 is 0. The zero-order valence-corrected chi connectivity index (χ0v) is 23.4. The van der Waals surface area contributed by atoms with E-state index in [4.69, 9.17) is 0 Å². The second kappa shape index (κ2) is 13.3. The van der Waals surface area contributed by atoms with E-state index >= 15 is 0 Å². The summed E-state index contributed by atoms with van der Waals surface area (Å²) in [6.07, 6.45) is 3.41. The van der Waals surface area contributed by atoms with Crippen LogP contribution >= 0.6 is 0 Å². The van der Waals surface area contributed by atoms with E-state index < -0.39 is 0 Å².